The number of benzene rings is 6. The van der Waals surface area contributed by atoms with E-state index in [0.29, 0.717) is 23.3 Å². The van der Waals surface area contributed by atoms with Crippen LogP contribution in [0.15, 0.2) is 120 Å². The minimum atomic E-state index is 0. The number of fused-ring (bicyclic) bond motifs is 10. The molecule has 0 aliphatic rings. The van der Waals surface area contributed by atoms with E-state index in [1.54, 1.807) is 0 Å². The smallest absolute Gasteiger partial charge is 0.497 e. The molecule has 0 bridgehead atoms. The molecule has 0 saturated carbocycles. The topological polar surface area (TPSA) is 35.0 Å². The maximum absolute atomic E-state index is 6.52. The number of rotatable bonds is 6. The Bertz CT molecular complexity index is 2860. The van der Waals surface area contributed by atoms with Crippen LogP contribution >= 0.6 is 22.7 Å². The summed E-state index contributed by atoms with van der Waals surface area (Å²) in [7, 11) is 0. The summed E-state index contributed by atoms with van der Waals surface area (Å²) >= 11 is 3.65. The maximum atomic E-state index is 6.52. The molecule has 0 aliphatic carbocycles. The zero-order valence-corrected chi connectivity index (χ0v) is 34.0. The van der Waals surface area contributed by atoms with Crippen molar-refractivity contribution in [2.45, 2.75) is 39.5 Å². The second-order valence-corrected chi connectivity index (χ2v) is 16.2. The van der Waals surface area contributed by atoms with E-state index in [4.69, 9.17) is 14.7 Å². The summed E-state index contributed by atoms with van der Waals surface area (Å²) < 4.78 is 9.15. The molecule has 0 atom stereocenters. The van der Waals surface area contributed by atoms with Gasteiger partial charge in [-0.15, -0.1) is 70.2 Å². The van der Waals surface area contributed by atoms with E-state index in [9.17, 15) is 0 Å². The van der Waals surface area contributed by atoms with Gasteiger partial charge in [0.15, 0.2) is 0 Å². The normalized spacial score (nSPS) is 11.9. The summed E-state index contributed by atoms with van der Waals surface area (Å²) in [5.74, 6) is 2.10. The van der Waals surface area contributed by atoms with E-state index < -0.39 is 0 Å². The molecular weight excluding hydrogens is 880 g/mol. The van der Waals surface area contributed by atoms with E-state index >= 15 is 0 Å². The molecule has 10 aromatic rings. The summed E-state index contributed by atoms with van der Waals surface area (Å²) in [6, 6.07) is 41.4. The van der Waals surface area contributed by atoms with E-state index in [0.717, 1.165) is 44.1 Å². The molecule has 0 fully saturated rings. The minimum Gasteiger partial charge on any atom is -0.497 e. The van der Waals surface area contributed by atoms with Crippen LogP contribution in [-0.4, -0.2) is 9.97 Å². The fourth-order valence-corrected chi connectivity index (χ4v) is 10.2. The summed E-state index contributed by atoms with van der Waals surface area (Å²) in [5, 5.41) is 16.8. The van der Waals surface area contributed by atoms with Crippen molar-refractivity contribution in [3.8, 4) is 34.0 Å². The Morgan fingerprint density at radius 2 is 0.926 bits per heavy atom. The van der Waals surface area contributed by atoms with E-state index in [-0.39, 0.29) is 21.1 Å². The van der Waals surface area contributed by atoms with Crippen LogP contribution in [0.4, 0.5) is 0 Å². The Labute approximate surface area is 336 Å². The second kappa shape index (κ2) is 13.7. The molecule has 0 amide bonds. The fourth-order valence-electron chi connectivity index (χ4n) is 7.96. The SMILES string of the molecule is CC(C)c1csc2ccc3c(ccc4ccnc(-c5[c-]c(Oc6[c-]c(-c7nccc8ccc9c(ccc%10scc(C(C)C)c%109)c78)ccc6)ccc5)c43)c12.[Pt+2]. The number of hydrogen-bond acceptors (Lipinski definition) is 5. The van der Waals surface area contributed by atoms with Crippen molar-refractivity contribution in [1.29, 1.82) is 0 Å². The van der Waals surface area contributed by atoms with Crippen LogP contribution < -0.4 is 4.74 Å². The summed E-state index contributed by atoms with van der Waals surface area (Å²) in [6.45, 7) is 9.08. The molecule has 0 unspecified atom stereocenters. The quantitative estimate of drug-likeness (QED) is 0.123. The van der Waals surface area contributed by atoms with E-state index in [1.807, 2.05) is 59.3 Å². The molecule has 0 saturated heterocycles. The van der Waals surface area contributed by atoms with Crippen molar-refractivity contribution in [2.24, 2.45) is 0 Å². The van der Waals surface area contributed by atoms with Gasteiger partial charge in [0.1, 0.15) is 0 Å². The summed E-state index contributed by atoms with van der Waals surface area (Å²) in [4.78, 5) is 9.88. The zero-order valence-electron chi connectivity index (χ0n) is 30.1. The molecule has 0 spiro atoms. The van der Waals surface area contributed by atoms with Gasteiger partial charge in [-0.3, -0.25) is 0 Å². The molecule has 4 aromatic heterocycles. The third-order valence-electron chi connectivity index (χ3n) is 10.5. The monoisotopic (exact) mass is 913 g/mol. The second-order valence-electron chi connectivity index (χ2n) is 14.4. The van der Waals surface area contributed by atoms with Crippen molar-refractivity contribution in [2.75, 3.05) is 0 Å². The predicted octanol–water partition coefficient (Wildman–Crippen LogP) is 14.5. The summed E-state index contributed by atoms with van der Waals surface area (Å²) in [5.41, 5.74) is 6.34. The third kappa shape index (κ3) is 5.64. The van der Waals surface area contributed by atoms with Gasteiger partial charge in [-0.2, -0.15) is 0 Å². The first-order chi connectivity index (χ1) is 25.9. The van der Waals surface area contributed by atoms with Crippen molar-refractivity contribution < 1.29 is 25.8 Å². The van der Waals surface area contributed by atoms with Gasteiger partial charge in [0.2, 0.25) is 0 Å². The molecule has 264 valence electrons. The Kier molecular flexibility index (Phi) is 8.85. The first-order valence-electron chi connectivity index (χ1n) is 18.1. The zero-order chi connectivity index (χ0) is 35.8. The molecule has 0 radical (unpaired) electrons. The molecule has 6 heteroatoms. The van der Waals surface area contributed by atoms with Crippen molar-refractivity contribution in [3.05, 3.63) is 143 Å². The molecule has 10 rings (SSSR count). The minimum absolute atomic E-state index is 0. The van der Waals surface area contributed by atoms with Crippen LogP contribution in [0.2, 0.25) is 0 Å². The van der Waals surface area contributed by atoms with E-state index in [2.05, 4.69) is 123 Å². The standard InChI is InChI=1S/C48H34N2OS2.Pt/c1-27(2)39-25-52-41-17-15-35-37(45(39)41)13-11-29-19-21-49-47(43(29)35)31-7-5-9-33(23-31)51-34-10-6-8-32(24-34)48-44-30(20-22-50-48)12-14-38-36(44)16-18-42-46(38)40(26-53-42)28(3)4;/h5-22,25-28H,1-4H3;/q-2;+2. The first-order valence-corrected chi connectivity index (χ1v) is 19.8. The maximum Gasteiger partial charge on any atom is 2.00 e. The van der Waals surface area contributed by atoms with Gasteiger partial charge >= 0.3 is 21.1 Å². The molecule has 0 aliphatic heterocycles. The van der Waals surface area contributed by atoms with Crippen LogP contribution in [0.25, 0.3) is 85.8 Å². The number of aromatic nitrogens is 2. The van der Waals surface area contributed by atoms with Gasteiger partial charge < -0.3 is 14.7 Å². The number of nitrogens with zero attached hydrogens (tertiary/aromatic N) is 2. The van der Waals surface area contributed by atoms with Crippen LogP contribution in [0.1, 0.15) is 50.7 Å². The van der Waals surface area contributed by atoms with Gasteiger partial charge in [-0.05, 0) is 112 Å². The average molecular weight is 914 g/mol. The van der Waals surface area contributed by atoms with E-state index in [1.165, 1.54) is 52.8 Å². The number of ether oxygens (including phenoxy) is 1. The number of pyridine rings is 2. The Hall–Kier alpha value is -4.93. The largest absolute Gasteiger partial charge is 2.00 e. The number of thiophene rings is 2. The third-order valence-corrected chi connectivity index (χ3v) is 12.4. The predicted molar refractivity (Wildman–Crippen MR) is 226 cm³/mol. The molecular formula is C48H34N2OPtS2. The Morgan fingerprint density at radius 1 is 0.500 bits per heavy atom. The van der Waals surface area contributed by atoms with Crippen LogP contribution in [0.5, 0.6) is 11.5 Å². The van der Waals surface area contributed by atoms with Gasteiger partial charge in [-0.1, -0.05) is 76.2 Å². The van der Waals surface area contributed by atoms with Crippen molar-refractivity contribution in [1.82, 2.24) is 9.97 Å². The fraction of sp³-hybridized carbons (Fsp3) is 0.125. The van der Waals surface area contributed by atoms with Crippen molar-refractivity contribution in [3.63, 3.8) is 0 Å². The molecule has 3 nitrogen and oxygen atoms in total. The van der Waals surface area contributed by atoms with Gasteiger partial charge in [0, 0.05) is 44.1 Å². The molecule has 0 N–H and O–H groups in total. The van der Waals surface area contributed by atoms with Gasteiger partial charge in [0.05, 0.1) is 0 Å². The molecule has 54 heavy (non-hydrogen) atoms. The Morgan fingerprint density at radius 3 is 1.37 bits per heavy atom. The van der Waals surface area contributed by atoms with Gasteiger partial charge in [0.25, 0.3) is 0 Å². The van der Waals surface area contributed by atoms with Crippen molar-refractivity contribution >= 4 is 85.9 Å². The van der Waals surface area contributed by atoms with Crippen LogP contribution in [-0.2, 0) is 21.1 Å². The van der Waals surface area contributed by atoms with Crippen LogP contribution in [0.3, 0.4) is 0 Å². The molecule has 4 heterocycles. The van der Waals surface area contributed by atoms with Crippen LogP contribution in [0, 0.1) is 12.1 Å². The number of hydrogen-bond donors (Lipinski definition) is 0. The summed E-state index contributed by atoms with van der Waals surface area (Å²) in [6.07, 6.45) is 3.78. The average Bonchev–Trinajstić information content (AvgIpc) is 3.83. The van der Waals surface area contributed by atoms with Gasteiger partial charge in [-0.25, -0.2) is 0 Å². The first kappa shape index (κ1) is 34.8. The molecule has 6 aromatic carbocycles. The Balaban J connectivity index is 0.00000384.